The molecule has 0 aromatic carbocycles. The number of carbonyl (C=O) groups is 3. The molecular weight excluding hydrogens is 781 g/mol. The lowest BCUT2D eigenvalue weighted by Crippen LogP contribution is -2.30. The molecule has 0 aliphatic heterocycles. The van der Waals surface area contributed by atoms with Gasteiger partial charge in [0, 0.05) is 19.3 Å². The lowest BCUT2D eigenvalue weighted by Gasteiger charge is -2.18. The number of carbonyl (C=O) groups excluding carboxylic acids is 3. The zero-order chi connectivity index (χ0) is 45.8. The maximum Gasteiger partial charge on any atom is 0.306 e. The van der Waals surface area contributed by atoms with Crippen LogP contribution in [0.1, 0.15) is 226 Å². The van der Waals surface area contributed by atoms with E-state index in [1.54, 1.807) is 0 Å². The summed E-state index contributed by atoms with van der Waals surface area (Å²) in [6, 6.07) is 0. The molecule has 0 saturated carbocycles. The van der Waals surface area contributed by atoms with Gasteiger partial charge >= 0.3 is 17.9 Å². The Kier molecular flexibility index (Phi) is 48.0. The van der Waals surface area contributed by atoms with Crippen molar-refractivity contribution in [3.63, 3.8) is 0 Å². The summed E-state index contributed by atoms with van der Waals surface area (Å²) in [5.41, 5.74) is 0. The van der Waals surface area contributed by atoms with E-state index in [4.69, 9.17) is 14.2 Å². The summed E-state index contributed by atoms with van der Waals surface area (Å²) in [5.74, 6) is -1.01. The molecule has 63 heavy (non-hydrogen) atoms. The first-order valence-electron chi connectivity index (χ1n) is 25.7. The van der Waals surface area contributed by atoms with Crippen molar-refractivity contribution >= 4 is 17.9 Å². The molecule has 1 atom stereocenters. The predicted molar refractivity (Wildman–Crippen MR) is 270 cm³/mol. The second-order valence-corrected chi connectivity index (χ2v) is 16.7. The van der Waals surface area contributed by atoms with Crippen molar-refractivity contribution < 1.29 is 28.6 Å². The molecule has 1 unspecified atom stereocenters. The molecule has 6 heteroatoms. The molecule has 0 amide bonds. The van der Waals surface area contributed by atoms with Gasteiger partial charge < -0.3 is 14.2 Å². The van der Waals surface area contributed by atoms with Gasteiger partial charge in [-0.05, 0) is 103 Å². The highest BCUT2D eigenvalue weighted by atomic mass is 16.6. The summed E-state index contributed by atoms with van der Waals surface area (Å²) >= 11 is 0. The minimum absolute atomic E-state index is 0.108. The molecule has 358 valence electrons. The van der Waals surface area contributed by atoms with Gasteiger partial charge in [0.1, 0.15) is 13.2 Å². The Labute approximate surface area is 387 Å². The highest BCUT2D eigenvalue weighted by Gasteiger charge is 2.19. The molecule has 0 aliphatic carbocycles. The molecule has 0 heterocycles. The summed E-state index contributed by atoms with van der Waals surface area (Å²) < 4.78 is 16.7. The van der Waals surface area contributed by atoms with Crippen LogP contribution in [0.4, 0.5) is 0 Å². The van der Waals surface area contributed by atoms with Gasteiger partial charge in [-0.1, -0.05) is 201 Å². The van der Waals surface area contributed by atoms with Crippen LogP contribution in [0.25, 0.3) is 0 Å². The monoisotopic (exact) mass is 875 g/mol. The first kappa shape index (κ1) is 59.3. The maximum atomic E-state index is 12.8. The predicted octanol–water partition coefficient (Wildman–Crippen LogP) is 17.0. The number of hydrogen-bond acceptors (Lipinski definition) is 6. The minimum Gasteiger partial charge on any atom is -0.462 e. The van der Waals surface area contributed by atoms with Gasteiger partial charge in [0.25, 0.3) is 0 Å². The third-order valence-electron chi connectivity index (χ3n) is 10.6. The Balaban J connectivity index is 4.50. The van der Waals surface area contributed by atoms with Crippen molar-refractivity contribution in [2.24, 2.45) is 0 Å². The number of allylic oxidation sites excluding steroid dienone is 16. The number of esters is 3. The van der Waals surface area contributed by atoms with Crippen LogP contribution >= 0.6 is 0 Å². The zero-order valence-corrected chi connectivity index (χ0v) is 40.8. The molecule has 0 fully saturated rings. The van der Waals surface area contributed by atoms with Crippen LogP contribution in [0.3, 0.4) is 0 Å². The summed E-state index contributed by atoms with van der Waals surface area (Å²) in [5, 5.41) is 0. The number of ether oxygens (including phenoxy) is 3. The molecule has 0 saturated heterocycles. The van der Waals surface area contributed by atoms with E-state index in [-0.39, 0.29) is 37.5 Å². The Morgan fingerprint density at radius 2 is 0.651 bits per heavy atom. The molecule has 0 radical (unpaired) electrons. The van der Waals surface area contributed by atoms with E-state index in [1.807, 2.05) is 6.08 Å². The summed E-state index contributed by atoms with van der Waals surface area (Å²) in [7, 11) is 0. The summed E-state index contributed by atoms with van der Waals surface area (Å²) in [4.78, 5) is 37.9. The van der Waals surface area contributed by atoms with Gasteiger partial charge in [0.15, 0.2) is 6.10 Å². The molecule has 0 rings (SSSR count). The Hall–Kier alpha value is -3.67. The SMILES string of the molecule is CC/C=C\C/C=C\C/C=C\CCCCCCCCC(=O)OCC(COC(=O)CC/C=C\C/C=C\CCCCCCCC)OC(=O)CCCCCCCC/C=C\C/C=C\C/C=C\CC. The molecule has 0 aliphatic rings. The number of rotatable bonds is 45. The molecule has 6 nitrogen and oxygen atoms in total. The normalized spacial score (nSPS) is 12.9. The number of unbranched alkanes of at least 4 members (excludes halogenated alkanes) is 18. The highest BCUT2D eigenvalue weighted by Crippen LogP contribution is 2.13. The lowest BCUT2D eigenvalue weighted by atomic mass is 10.1. The molecule has 0 aromatic rings. The van der Waals surface area contributed by atoms with E-state index < -0.39 is 6.10 Å². The summed E-state index contributed by atoms with van der Waals surface area (Å²) in [6.45, 7) is 6.32. The third kappa shape index (κ3) is 49.2. The lowest BCUT2D eigenvalue weighted by molar-refractivity contribution is -0.166. The van der Waals surface area contributed by atoms with E-state index in [2.05, 4.69) is 112 Å². The van der Waals surface area contributed by atoms with E-state index in [1.165, 1.54) is 64.2 Å². The van der Waals surface area contributed by atoms with Crippen LogP contribution in [-0.4, -0.2) is 37.2 Å². The van der Waals surface area contributed by atoms with Crippen molar-refractivity contribution in [3.8, 4) is 0 Å². The Morgan fingerprint density at radius 3 is 1.06 bits per heavy atom. The quantitative estimate of drug-likeness (QED) is 0.0262. The largest absolute Gasteiger partial charge is 0.462 e. The van der Waals surface area contributed by atoms with Gasteiger partial charge in [-0.3, -0.25) is 14.4 Å². The molecule has 0 N–H and O–H groups in total. The maximum absolute atomic E-state index is 12.8. The standard InChI is InChI=1S/C57H94O6/c1-4-7-10-13-16-19-22-25-27-29-32-35-38-41-44-47-50-56(59)62-53-54(52-61-55(58)49-46-43-40-37-34-31-24-21-18-15-12-9-6-3)63-57(60)51-48-45-42-39-36-33-30-28-26-23-20-17-14-11-8-5-2/h7-8,10-11,16-17,19-20,25-28,31,34,40,43,54H,4-6,9,12-15,18,21-24,29-30,32-33,35-39,41-42,44-53H2,1-3H3/b10-7-,11-8-,19-16-,20-17-,27-25-,28-26-,34-31-,43-40-. The fourth-order valence-corrected chi connectivity index (χ4v) is 6.76. The first-order valence-corrected chi connectivity index (χ1v) is 25.7. The van der Waals surface area contributed by atoms with Crippen LogP contribution in [0, 0.1) is 0 Å². The molecular formula is C57H94O6. The van der Waals surface area contributed by atoms with Crippen molar-refractivity contribution in [1.29, 1.82) is 0 Å². The van der Waals surface area contributed by atoms with Crippen molar-refractivity contribution in [1.82, 2.24) is 0 Å². The molecule has 0 spiro atoms. The summed E-state index contributed by atoms with van der Waals surface area (Å²) in [6.07, 6.45) is 66.9. The van der Waals surface area contributed by atoms with E-state index in [0.717, 1.165) is 116 Å². The zero-order valence-electron chi connectivity index (χ0n) is 40.8. The fraction of sp³-hybridized carbons (Fsp3) is 0.667. The third-order valence-corrected chi connectivity index (χ3v) is 10.6. The Morgan fingerprint density at radius 1 is 0.333 bits per heavy atom. The Bertz CT molecular complexity index is 1280. The van der Waals surface area contributed by atoms with Crippen LogP contribution in [0.15, 0.2) is 97.2 Å². The van der Waals surface area contributed by atoms with Crippen molar-refractivity contribution in [3.05, 3.63) is 97.2 Å². The van der Waals surface area contributed by atoms with Crippen LogP contribution in [-0.2, 0) is 28.6 Å². The molecule has 0 bridgehead atoms. The minimum atomic E-state index is -0.813. The number of hydrogen-bond donors (Lipinski definition) is 0. The van der Waals surface area contributed by atoms with Crippen molar-refractivity contribution in [2.75, 3.05) is 13.2 Å². The van der Waals surface area contributed by atoms with Gasteiger partial charge in [-0.25, -0.2) is 0 Å². The smallest absolute Gasteiger partial charge is 0.306 e. The van der Waals surface area contributed by atoms with Crippen LogP contribution in [0.5, 0.6) is 0 Å². The first-order chi connectivity index (χ1) is 31.0. The second kappa shape index (κ2) is 51.0. The highest BCUT2D eigenvalue weighted by molar-refractivity contribution is 5.71. The van der Waals surface area contributed by atoms with Crippen LogP contribution < -0.4 is 0 Å². The topological polar surface area (TPSA) is 78.9 Å². The van der Waals surface area contributed by atoms with Crippen molar-refractivity contribution in [2.45, 2.75) is 232 Å². The van der Waals surface area contributed by atoms with E-state index in [0.29, 0.717) is 19.3 Å². The molecule has 0 aromatic heterocycles. The van der Waals surface area contributed by atoms with Gasteiger partial charge in [0.05, 0.1) is 0 Å². The van der Waals surface area contributed by atoms with Crippen LogP contribution in [0.2, 0.25) is 0 Å². The second-order valence-electron chi connectivity index (χ2n) is 16.7. The van der Waals surface area contributed by atoms with E-state index >= 15 is 0 Å². The average Bonchev–Trinajstić information content (AvgIpc) is 3.28. The van der Waals surface area contributed by atoms with Gasteiger partial charge in [-0.2, -0.15) is 0 Å². The fourth-order valence-electron chi connectivity index (χ4n) is 6.76. The van der Waals surface area contributed by atoms with Gasteiger partial charge in [-0.15, -0.1) is 0 Å². The van der Waals surface area contributed by atoms with E-state index in [9.17, 15) is 14.4 Å². The average molecular weight is 875 g/mol. The van der Waals surface area contributed by atoms with Gasteiger partial charge in [0.2, 0.25) is 0 Å².